The second-order valence-corrected chi connectivity index (χ2v) is 6.20. The fourth-order valence-corrected chi connectivity index (χ4v) is 2.52. The molecule has 100 valence electrons. The highest BCUT2D eigenvalue weighted by atomic mass is 127. The van der Waals surface area contributed by atoms with Crippen molar-refractivity contribution in [1.82, 2.24) is 5.32 Å². The number of benzene rings is 1. The number of nitrogens with one attached hydrogen (secondary N) is 1. The van der Waals surface area contributed by atoms with Crippen molar-refractivity contribution < 1.29 is 9.90 Å². The molecule has 0 heterocycles. The highest BCUT2D eigenvalue weighted by Gasteiger charge is 2.10. The van der Waals surface area contributed by atoms with Gasteiger partial charge in [0.15, 0.2) is 0 Å². The molecule has 0 aliphatic carbocycles. The van der Waals surface area contributed by atoms with E-state index in [1.807, 2.05) is 11.8 Å². The number of carbonyl (C=O) groups excluding carboxylic acids is 1. The van der Waals surface area contributed by atoms with Crippen LogP contribution in [0.3, 0.4) is 0 Å². The van der Waals surface area contributed by atoms with Crippen molar-refractivity contribution in [2.45, 2.75) is 19.3 Å². The summed E-state index contributed by atoms with van der Waals surface area (Å²) < 4.78 is 0.940. The molecule has 0 saturated carbocycles. The minimum atomic E-state index is -0.198. The minimum Gasteiger partial charge on any atom is -0.507 e. The Morgan fingerprint density at radius 2 is 2.17 bits per heavy atom. The molecule has 0 unspecified atom stereocenters. The van der Waals surface area contributed by atoms with E-state index in [9.17, 15) is 9.90 Å². The van der Waals surface area contributed by atoms with Crippen LogP contribution in [0.2, 0.25) is 0 Å². The van der Waals surface area contributed by atoms with E-state index in [2.05, 4.69) is 34.2 Å². The highest BCUT2D eigenvalue weighted by molar-refractivity contribution is 14.1. The molecule has 3 nitrogen and oxygen atoms in total. The fourth-order valence-electron chi connectivity index (χ4n) is 1.54. The van der Waals surface area contributed by atoms with Crippen molar-refractivity contribution in [3.8, 4) is 5.75 Å². The molecule has 0 fully saturated rings. The SMILES string of the molecule is CSCCCCCNC(=O)c1cc(I)ccc1O. The Kier molecular flexibility index (Phi) is 7.50. The lowest BCUT2D eigenvalue weighted by molar-refractivity contribution is 0.0950. The summed E-state index contributed by atoms with van der Waals surface area (Å²) in [6.07, 6.45) is 5.39. The molecule has 0 saturated heterocycles. The number of carbonyl (C=O) groups is 1. The number of rotatable bonds is 7. The second kappa shape index (κ2) is 8.63. The summed E-state index contributed by atoms with van der Waals surface area (Å²) >= 11 is 3.97. The molecule has 0 aliphatic rings. The topological polar surface area (TPSA) is 49.3 Å². The third kappa shape index (κ3) is 5.48. The van der Waals surface area contributed by atoms with Crippen molar-refractivity contribution >= 4 is 40.3 Å². The Morgan fingerprint density at radius 1 is 1.39 bits per heavy atom. The van der Waals surface area contributed by atoms with E-state index in [0.717, 1.165) is 16.4 Å². The van der Waals surface area contributed by atoms with Crippen molar-refractivity contribution in [3.63, 3.8) is 0 Å². The third-order valence-corrected chi connectivity index (χ3v) is 3.88. The van der Waals surface area contributed by atoms with Crippen molar-refractivity contribution in [2.24, 2.45) is 0 Å². The second-order valence-electron chi connectivity index (χ2n) is 3.97. The van der Waals surface area contributed by atoms with Crippen LogP contribution in [0.15, 0.2) is 18.2 Å². The maximum absolute atomic E-state index is 11.8. The molecule has 2 N–H and O–H groups in total. The molecule has 1 aromatic rings. The van der Waals surface area contributed by atoms with Gasteiger partial charge in [-0.2, -0.15) is 11.8 Å². The summed E-state index contributed by atoms with van der Waals surface area (Å²) in [5, 5.41) is 12.4. The number of amides is 1. The molecule has 0 aromatic heterocycles. The molecule has 1 rings (SSSR count). The van der Waals surface area contributed by atoms with Crippen LogP contribution < -0.4 is 5.32 Å². The van der Waals surface area contributed by atoms with Crippen LogP contribution in [0.25, 0.3) is 0 Å². The van der Waals surface area contributed by atoms with Crippen LogP contribution in [0, 0.1) is 3.57 Å². The molecule has 1 aromatic carbocycles. The van der Waals surface area contributed by atoms with Gasteiger partial charge >= 0.3 is 0 Å². The van der Waals surface area contributed by atoms with Gasteiger partial charge in [-0.1, -0.05) is 6.42 Å². The van der Waals surface area contributed by atoms with E-state index < -0.39 is 0 Å². The average Bonchev–Trinajstić information content (AvgIpc) is 2.36. The minimum absolute atomic E-state index is 0.0373. The summed E-state index contributed by atoms with van der Waals surface area (Å²) in [6, 6.07) is 5.02. The summed E-state index contributed by atoms with van der Waals surface area (Å²) in [5.41, 5.74) is 0.353. The largest absolute Gasteiger partial charge is 0.507 e. The normalized spacial score (nSPS) is 10.3. The fraction of sp³-hybridized carbons (Fsp3) is 0.462. The van der Waals surface area contributed by atoms with Gasteiger partial charge in [0, 0.05) is 10.1 Å². The van der Waals surface area contributed by atoms with E-state index in [1.54, 1.807) is 18.2 Å². The standard InChI is InChI=1S/C13H18INO2S/c1-18-8-4-2-3-7-15-13(17)11-9-10(14)5-6-12(11)16/h5-6,9,16H,2-4,7-8H2,1H3,(H,15,17). The lowest BCUT2D eigenvalue weighted by Crippen LogP contribution is -2.24. The molecule has 18 heavy (non-hydrogen) atoms. The number of unbranched alkanes of at least 4 members (excludes halogenated alkanes) is 2. The average molecular weight is 379 g/mol. The number of hydrogen-bond acceptors (Lipinski definition) is 3. The zero-order valence-corrected chi connectivity index (χ0v) is 13.4. The number of phenols is 1. The summed E-state index contributed by atoms with van der Waals surface area (Å²) in [6.45, 7) is 0.665. The zero-order chi connectivity index (χ0) is 13.4. The Hall–Kier alpha value is -0.430. The van der Waals surface area contributed by atoms with Gasteiger partial charge in [-0.15, -0.1) is 0 Å². The van der Waals surface area contributed by atoms with Crippen LogP contribution >= 0.6 is 34.4 Å². The van der Waals surface area contributed by atoms with Gasteiger partial charge in [-0.3, -0.25) is 4.79 Å². The van der Waals surface area contributed by atoms with Crippen molar-refractivity contribution in [3.05, 3.63) is 27.3 Å². The molecule has 1 amide bonds. The van der Waals surface area contributed by atoms with Crippen LogP contribution in [-0.2, 0) is 0 Å². The van der Waals surface area contributed by atoms with E-state index in [-0.39, 0.29) is 11.7 Å². The maximum atomic E-state index is 11.8. The van der Waals surface area contributed by atoms with Gasteiger partial charge in [0.25, 0.3) is 5.91 Å². The molecule has 0 aliphatic heterocycles. The van der Waals surface area contributed by atoms with E-state index in [4.69, 9.17) is 0 Å². The lowest BCUT2D eigenvalue weighted by atomic mass is 10.2. The third-order valence-electron chi connectivity index (χ3n) is 2.51. The molecular weight excluding hydrogens is 361 g/mol. The molecule has 0 atom stereocenters. The van der Waals surface area contributed by atoms with Gasteiger partial charge in [0.05, 0.1) is 5.56 Å². The first-order chi connectivity index (χ1) is 8.65. The van der Waals surface area contributed by atoms with Crippen molar-refractivity contribution in [1.29, 1.82) is 0 Å². The Morgan fingerprint density at radius 3 is 2.89 bits per heavy atom. The Balaban J connectivity index is 2.34. The smallest absolute Gasteiger partial charge is 0.255 e. The van der Waals surface area contributed by atoms with Gasteiger partial charge < -0.3 is 10.4 Å². The number of phenolic OH excluding ortho intramolecular Hbond substituents is 1. The predicted octanol–water partition coefficient (Wildman–Crippen LogP) is 3.26. The van der Waals surface area contributed by atoms with Crippen LogP contribution in [0.5, 0.6) is 5.75 Å². The first-order valence-electron chi connectivity index (χ1n) is 5.91. The summed E-state index contributed by atoms with van der Waals surface area (Å²) in [4.78, 5) is 11.8. The Bertz CT molecular complexity index is 399. The van der Waals surface area contributed by atoms with Crippen molar-refractivity contribution in [2.75, 3.05) is 18.6 Å². The van der Waals surface area contributed by atoms with Gasteiger partial charge in [0.2, 0.25) is 0 Å². The van der Waals surface area contributed by atoms with E-state index in [1.165, 1.54) is 12.2 Å². The molecule has 0 radical (unpaired) electrons. The van der Waals surface area contributed by atoms with E-state index in [0.29, 0.717) is 12.1 Å². The number of aromatic hydroxyl groups is 1. The first-order valence-corrected chi connectivity index (χ1v) is 8.38. The number of thioether (sulfide) groups is 1. The van der Waals surface area contributed by atoms with Crippen LogP contribution in [-0.4, -0.2) is 29.6 Å². The Labute approximate surface area is 126 Å². The predicted molar refractivity (Wildman–Crippen MR) is 85.4 cm³/mol. The lowest BCUT2D eigenvalue weighted by Gasteiger charge is -2.07. The first kappa shape index (κ1) is 15.6. The monoisotopic (exact) mass is 379 g/mol. The van der Waals surface area contributed by atoms with Crippen LogP contribution in [0.1, 0.15) is 29.6 Å². The van der Waals surface area contributed by atoms with Crippen LogP contribution in [0.4, 0.5) is 0 Å². The van der Waals surface area contributed by atoms with Gasteiger partial charge in [-0.25, -0.2) is 0 Å². The molecule has 0 bridgehead atoms. The highest BCUT2D eigenvalue weighted by Crippen LogP contribution is 2.19. The van der Waals surface area contributed by atoms with E-state index >= 15 is 0 Å². The van der Waals surface area contributed by atoms with Gasteiger partial charge in [0.1, 0.15) is 5.75 Å². The quantitative estimate of drug-likeness (QED) is 0.565. The molecule has 5 heteroatoms. The molecule has 0 spiro atoms. The summed E-state index contributed by atoms with van der Waals surface area (Å²) in [7, 11) is 0. The summed E-state index contributed by atoms with van der Waals surface area (Å²) in [5.74, 6) is 1.01. The number of hydrogen-bond donors (Lipinski definition) is 2. The zero-order valence-electron chi connectivity index (χ0n) is 10.4. The maximum Gasteiger partial charge on any atom is 0.255 e. The number of halogens is 1. The van der Waals surface area contributed by atoms with Gasteiger partial charge in [-0.05, 0) is 65.6 Å². The molecular formula is C13H18INO2S.